The predicted molar refractivity (Wildman–Crippen MR) is 89.1 cm³/mol. The fourth-order valence-electron chi connectivity index (χ4n) is 2.61. The number of amides is 1. The number of hydrogen-bond acceptors (Lipinski definition) is 4. The summed E-state index contributed by atoms with van der Waals surface area (Å²) in [5.41, 5.74) is 6.08. The summed E-state index contributed by atoms with van der Waals surface area (Å²) >= 11 is 0. The van der Waals surface area contributed by atoms with E-state index in [2.05, 4.69) is 5.32 Å². The maximum Gasteiger partial charge on any atom is 0.243 e. The first-order valence-electron chi connectivity index (χ1n) is 8.02. The van der Waals surface area contributed by atoms with Gasteiger partial charge in [0.15, 0.2) is 0 Å². The fraction of sp³-hybridized carbons (Fsp3) is 0.562. The van der Waals surface area contributed by atoms with Crippen LogP contribution < -0.4 is 11.1 Å². The maximum atomic E-state index is 12.8. The molecule has 3 N–H and O–H groups in total. The lowest BCUT2D eigenvalue weighted by Crippen LogP contribution is -2.37. The summed E-state index contributed by atoms with van der Waals surface area (Å²) in [7, 11) is -3.51. The molecule has 0 saturated carbocycles. The number of hydrogen-bond donors (Lipinski definition) is 2. The van der Waals surface area contributed by atoms with Crippen molar-refractivity contribution in [3.05, 3.63) is 29.8 Å². The summed E-state index contributed by atoms with van der Waals surface area (Å²) in [6.07, 6.45) is 2.86. The standard InChI is InChI=1S/C16H25N3O3S/c1-13(11-17)16(20)18-12-14-7-3-4-8-15(14)23(21,22)19-9-5-2-6-10-19/h3-4,7-8,13H,2,5-6,9-12,17H2,1H3,(H,18,20). The molecule has 1 fully saturated rings. The van der Waals surface area contributed by atoms with E-state index in [0.29, 0.717) is 18.7 Å². The van der Waals surface area contributed by atoms with Crippen LogP contribution in [-0.4, -0.2) is 38.3 Å². The Labute approximate surface area is 138 Å². The highest BCUT2D eigenvalue weighted by molar-refractivity contribution is 7.89. The van der Waals surface area contributed by atoms with Crippen LogP contribution in [0, 0.1) is 5.92 Å². The van der Waals surface area contributed by atoms with Gasteiger partial charge in [-0.25, -0.2) is 8.42 Å². The van der Waals surface area contributed by atoms with Crippen LogP contribution in [0.4, 0.5) is 0 Å². The number of nitrogens with one attached hydrogen (secondary N) is 1. The van der Waals surface area contributed by atoms with Gasteiger partial charge in [0.2, 0.25) is 15.9 Å². The molecule has 1 aromatic carbocycles. The topological polar surface area (TPSA) is 92.5 Å². The molecular weight excluding hydrogens is 314 g/mol. The molecule has 23 heavy (non-hydrogen) atoms. The Kier molecular flexibility index (Phi) is 6.15. The van der Waals surface area contributed by atoms with Crippen molar-refractivity contribution in [2.45, 2.75) is 37.6 Å². The van der Waals surface area contributed by atoms with Gasteiger partial charge in [-0.15, -0.1) is 0 Å². The second-order valence-corrected chi connectivity index (χ2v) is 7.83. The highest BCUT2D eigenvalue weighted by Crippen LogP contribution is 2.23. The Bertz CT molecular complexity index is 640. The molecule has 1 aromatic rings. The van der Waals surface area contributed by atoms with Gasteiger partial charge in [-0.2, -0.15) is 4.31 Å². The van der Waals surface area contributed by atoms with E-state index in [-0.39, 0.29) is 29.8 Å². The zero-order valence-corrected chi connectivity index (χ0v) is 14.3. The van der Waals surface area contributed by atoms with Gasteiger partial charge in [-0.1, -0.05) is 31.5 Å². The molecule has 2 rings (SSSR count). The summed E-state index contributed by atoms with van der Waals surface area (Å²) < 4.78 is 27.2. The third-order valence-electron chi connectivity index (χ3n) is 4.16. The monoisotopic (exact) mass is 339 g/mol. The van der Waals surface area contributed by atoms with Crippen LogP contribution in [0.1, 0.15) is 31.7 Å². The molecule has 1 unspecified atom stereocenters. The van der Waals surface area contributed by atoms with Gasteiger partial charge in [-0.3, -0.25) is 4.79 Å². The van der Waals surface area contributed by atoms with Crippen LogP contribution in [0.15, 0.2) is 29.2 Å². The highest BCUT2D eigenvalue weighted by Gasteiger charge is 2.27. The van der Waals surface area contributed by atoms with Crippen LogP contribution in [0.5, 0.6) is 0 Å². The Morgan fingerprint density at radius 2 is 1.91 bits per heavy atom. The Balaban J connectivity index is 2.18. The van der Waals surface area contributed by atoms with Gasteiger partial charge < -0.3 is 11.1 Å². The predicted octanol–water partition coefficient (Wildman–Crippen LogP) is 1.07. The van der Waals surface area contributed by atoms with Gasteiger partial charge in [0.25, 0.3) is 0 Å². The fourth-order valence-corrected chi connectivity index (χ4v) is 4.35. The van der Waals surface area contributed by atoms with Crippen LogP contribution in [0.25, 0.3) is 0 Å². The molecule has 1 saturated heterocycles. The Morgan fingerprint density at radius 3 is 2.57 bits per heavy atom. The lowest BCUT2D eigenvalue weighted by Gasteiger charge is -2.27. The number of nitrogens with zero attached hydrogens (tertiary/aromatic N) is 1. The molecule has 6 nitrogen and oxygen atoms in total. The SMILES string of the molecule is CC(CN)C(=O)NCc1ccccc1S(=O)(=O)N1CCCCC1. The number of sulfonamides is 1. The van der Waals surface area contributed by atoms with Crippen molar-refractivity contribution in [2.24, 2.45) is 11.7 Å². The maximum absolute atomic E-state index is 12.8. The van der Waals surface area contributed by atoms with Gasteiger partial charge in [0, 0.05) is 32.1 Å². The van der Waals surface area contributed by atoms with Gasteiger partial charge >= 0.3 is 0 Å². The molecule has 1 amide bonds. The largest absolute Gasteiger partial charge is 0.352 e. The highest BCUT2D eigenvalue weighted by atomic mass is 32.2. The molecule has 1 aliphatic heterocycles. The van der Waals surface area contributed by atoms with Gasteiger partial charge in [-0.05, 0) is 24.5 Å². The van der Waals surface area contributed by atoms with E-state index in [1.165, 1.54) is 0 Å². The molecule has 1 heterocycles. The van der Waals surface area contributed by atoms with Crippen LogP contribution in [0.2, 0.25) is 0 Å². The van der Waals surface area contributed by atoms with Crippen molar-refractivity contribution in [1.82, 2.24) is 9.62 Å². The van der Waals surface area contributed by atoms with Crippen molar-refractivity contribution < 1.29 is 13.2 Å². The van der Waals surface area contributed by atoms with E-state index >= 15 is 0 Å². The van der Waals surface area contributed by atoms with E-state index in [9.17, 15) is 13.2 Å². The Hall–Kier alpha value is -1.44. The first kappa shape index (κ1) is 17.9. The molecule has 0 radical (unpaired) electrons. The van der Waals surface area contributed by atoms with Crippen LogP contribution in [0.3, 0.4) is 0 Å². The second-order valence-electron chi connectivity index (χ2n) is 5.93. The number of benzene rings is 1. The van der Waals surface area contributed by atoms with E-state index in [0.717, 1.165) is 19.3 Å². The molecular formula is C16H25N3O3S. The first-order valence-corrected chi connectivity index (χ1v) is 9.46. The molecule has 1 atom stereocenters. The number of rotatable bonds is 6. The minimum atomic E-state index is -3.51. The third-order valence-corrected chi connectivity index (χ3v) is 6.16. The number of carbonyl (C=O) groups is 1. The number of carbonyl (C=O) groups excluding carboxylic acids is 1. The zero-order valence-electron chi connectivity index (χ0n) is 13.5. The molecule has 1 aliphatic rings. The summed E-state index contributed by atoms with van der Waals surface area (Å²) in [6, 6.07) is 6.84. The molecule has 0 aromatic heterocycles. The normalized spacial score (nSPS) is 17.7. The van der Waals surface area contributed by atoms with Crippen molar-refractivity contribution in [2.75, 3.05) is 19.6 Å². The summed E-state index contributed by atoms with van der Waals surface area (Å²) in [4.78, 5) is 12.1. The number of nitrogens with two attached hydrogens (primary N) is 1. The molecule has 7 heteroatoms. The van der Waals surface area contributed by atoms with Crippen LogP contribution >= 0.6 is 0 Å². The molecule has 0 bridgehead atoms. The minimum Gasteiger partial charge on any atom is -0.352 e. The average Bonchev–Trinajstić information content (AvgIpc) is 2.59. The quantitative estimate of drug-likeness (QED) is 0.811. The van der Waals surface area contributed by atoms with E-state index in [1.807, 2.05) is 0 Å². The smallest absolute Gasteiger partial charge is 0.243 e. The van der Waals surface area contributed by atoms with Gasteiger partial charge in [0.1, 0.15) is 0 Å². The molecule has 0 aliphatic carbocycles. The summed E-state index contributed by atoms with van der Waals surface area (Å²) in [6.45, 7) is 3.32. The van der Waals surface area contributed by atoms with Crippen LogP contribution in [-0.2, 0) is 21.4 Å². The van der Waals surface area contributed by atoms with Gasteiger partial charge in [0.05, 0.1) is 4.90 Å². The zero-order chi connectivity index (χ0) is 16.9. The Morgan fingerprint density at radius 1 is 1.26 bits per heavy atom. The van der Waals surface area contributed by atoms with E-state index in [1.54, 1.807) is 35.5 Å². The lowest BCUT2D eigenvalue weighted by molar-refractivity contribution is -0.124. The van der Waals surface area contributed by atoms with E-state index < -0.39 is 10.0 Å². The van der Waals surface area contributed by atoms with E-state index in [4.69, 9.17) is 5.73 Å². The third kappa shape index (κ3) is 4.31. The minimum absolute atomic E-state index is 0.169. The molecule has 128 valence electrons. The average molecular weight is 339 g/mol. The summed E-state index contributed by atoms with van der Waals surface area (Å²) in [5, 5.41) is 2.76. The second kappa shape index (κ2) is 7.90. The first-order chi connectivity index (χ1) is 11.0. The van der Waals surface area contributed by atoms with Crippen molar-refractivity contribution in [1.29, 1.82) is 0 Å². The number of piperidine rings is 1. The van der Waals surface area contributed by atoms with Crippen molar-refractivity contribution in [3.63, 3.8) is 0 Å². The van der Waals surface area contributed by atoms with Crippen molar-refractivity contribution in [3.8, 4) is 0 Å². The lowest BCUT2D eigenvalue weighted by atomic mass is 10.1. The molecule has 0 spiro atoms. The summed E-state index contributed by atoms with van der Waals surface area (Å²) in [5.74, 6) is -0.460. The van der Waals surface area contributed by atoms with Crippen molar-refractivity contribution >= 4 is 15.9 Å².